The number of para-hydroxylation sites is 4. The van der Waals surface area contributed by atoms with Crippen LogP contribution in [0.1, 0.15) is 135 Å². The summed E-state index contributed by atoms with van der Waals surface area (Å²) in [7, 11) is 0. The van der Waals surface area contributed by atoms with E-state index >= 15 is 0 Å². The number of hydrogen-bond donors (Lipinski definition) is 2. The van der Waals surface area contributed by atoms with Crippen LogP contribution in [0.4, 0.5) is 0 Å². The molecule has 0 saturated heterocycles. The minimum atomic E-state index is 0.340. The maximum atomic E-state index is 11.7. The molecule has 4 nitrogen and oxygen atoms in total. The second kappa shape index (κ2) is 18.6. The molecule has 256 valence electrons. The molecule has 48 heavy (non-hydrogen) atoms. The van der Waals surface area contributed by atoms with E-state index in [0.29, 0.717) is 50.4 Å². The van der Waals surface area contributed by atoms with E-state index in [1.54, 1.807) is 0 Å². The summed E-state index contributed by atoms with van der Waals surface area (Å²) in [5, 5.41) is 23.3. The first kappa shape index (κ1) is 35.4. The third-order valence-corrected chi connectivity index (χ3v) is 9.77. The van der Waals surface area contributed by atoms with Crippen LogP contribution in [-0.4, -0.2) is 23.4 Å². The van der Waals surface area contributed by atoms with E-state index in [1.807, 2.05) is 24.3 Å². The van der Waals surface area contributed by atoms with Crippen LogP contribution >= 0.6 is 0 Å². The van der Waals surface area contributed by atoms with E-state index in [4.69, 9.17) is 9.47 Å². The van der Waals surface area contributed by atoms with Gasteiger partial charge in [0.1, 0.15) is 23.0 Å². The van der Waals surface area contributed by atoms with Gasteiger partial charge in [-0.15, -0.1) is 0 Å². The smallest absolute Gasteiger partial charge is 0.126 e. The summed E-state index contributed by atoms with van der Waals surface area (Å²) >= 11 is 0. The largest absolute Gasteiger partial charge is 0.507 e. The maximum Gasteiger partial charge on any atom is 0.126 e. The van der Waals surface area contributed by atoms with Gasteiger partial charge in [-0.1, -0.05) is 151 Å². The Hall–Kier alpha value is -3.92. The van der Waals surface area contributed by atoms with Crippen LogP contribution in [0, 0.1) is 0 Å². The van der Waals surface area contributed by atoms with Crippen LogP contribution < -0.4 is 9.47 Å². The standard InChI is InChI=1S/C44H56O4/c1-3-5-7-9-11-13-27-47-43-37-23-17-24-38(43)30-34-20-16-22-36(42(34)46)32-40-26-18-25-39(31-35-21-15-19-33(29-37)41(35)45)44(40)48-28-14-12-10-8-6-4-2/h15-26,45-46H,3-14,27-32H2,1-2H3. The van der Waals surface area contributed by atoms with Crippen molar-refractivity contribution < 1.29 is 19.7 Å². The third-order valence-electron chi connectivity index (χ3n) is 9.77. The molecule has 0 amide bonds. The van der Waals surface area contributed by atoms with Crippen LogP contribution in [0.15, 0.2) is 72.8 Å². The number of ether oxygens (including phenoxy) is 2. The van der Waals surface area contributed by atoms with Gasteiger partial charge in [0.2, 0.25) is 0 Å². The molecule has 0 heterocycles. The zero-order valence-corrected chi connectivity index (χ0v) is 29.4. The normalized spacial score (nSPS) is 12.5. The molecule has 1 aliphatic carbocycles. The summed E-state index contributed by atoms with van der Waals surface area (Å²) in [4.78, 5) is 0. The van der Waals surface area contributed by atoms with E-state index in [1.165, 1.54) is 51.4 Å². The number of phenols is 2. The van der Waals surface area contributed by atoms with Crippen LogP contribution in [0.5, 0.6) is 23.0 Å². The highest BCUT2D eigenvalue weighted by atomic mass is 16.5. The van der Waals surface area contributed by atoms with Gasteiger partial charge in [0.25, 0.3) is 0 Å². The highest BCUT2D eigenvalue weighted by Crippen LogP contribution is 2.38. The zero-order valence-electron chi connectivity index (χ0n) is 29.4. The van der Waals surface area contributed by atoms with E-state index in [0.717, 1.165) is 81.7 Å². The number of hydrogen-bond acceptors (Lipinski definition) is 4. The van der Waals surface area contributed by atoms with Gasteiger partial charge < -0.3 is 19.7 Å². The fourth-order valence-electron chi connectivity index (χ4n) is 7.00. The molecule has 0 spiro atoms. The van der Waals surface area contributed by atoms with Crippen molar-refractivity contribution >= 4 is 0 Å². The van der Waals surface area contributed by atoms with Crippen molar-refractivity contribution in [1.29, 1.82) is 0 Å². The van der Waals surface area contributed by atoms with Gasteiger partial charge >= 0.3 is 0 Å². The van der Waals surface area contributed by atoms with E-state index < -0.39 is 0 Å². The summed E-state index contributed by atoms with van der Waals surface area (Å²) in [6.07, 6.45) is 16.7. The van der Waals surface area contributed by atoms with Crippen molar-refractivity contribution in [3.63, 3.8) is 0 Å². The van der Waals surface area contributed by atoms with Crippen molar-refractivity contribution in [2.75, 3.05) is 13.2 Å². The molecule has 4 heteroatoms. The molecule has 0 aliphatic heterocycles. The van der Waals surface area contributed by atoms with Gasteiger partial charge in [0.05, 0.1) is 13.2 Å². The monoisotopic (exact) mass is 648 g/mol. The first-order chi connectivity index (χ1) is 23.6. The quantitative estimate of drug-likeness (QED) is 0.105. The molecule has 0 radical (unpaired) electrons. The van der Waals surface area contributed by atoms with Gasteiger partial charge in [-0.05, 0) is 57.3 Å². The molecular weight excluding hydrogens is 592 g/mol. The lowest BCUT2D eigenvalue weighted by atomic mass is 9.91. The topological polar surface area (TPSA) is 58.9 Å². The Kier molecular flexibility index (Phi) is 13.7. The highest BCUT2D eigenvalue weighted by molar-refractivity contribution is 5.55. The molecule has 4 aromatic rings. The summed E-state index contributed by atoms with van der Waals surface area (Å²) in [5.41, 5.74) is 7.76. The third kappa shape index (κ3) is 9.58. The van der Waals surface area contributed by atoms with Gasteiger partial charge in [0, 0.05) is 25.7 Å². The van der Waals surface area contributed by atoms with Gasteiger partial charge in [-0.25, -0.2) is 0 Å². The predicted molar refractivity (Wildman–Crippen MR) is 198 cm³/mol. The Balaban J connectivity index is 1.48. The molecule has 0 fully saturated rings. The minimum absolute atomic E-state index is 0.340. The van der Waals surface area contributed by atoms with Gasteiger partial charge in [-0.3, -0.25) is 0 Å². The van der Waals surface area contributed by atoms with Gasteiger partial charge in [-0.2, -0.15) is 0 Å². The molecule has 0 saturated carbocycles. The Morgan fingerprint density at radius 1 is 0.396 bits per heavy atom. The lowest BCUT2D eigenvalue weighted by molar-refractivity contribution is 0.299. The van der Waals surface area contributed by atoms with Gasteiger partial charge in [0.15, 0.2) is 0 Å². The lowest BCUT2D eigenvalue weighted by Gasteiger charge is -2.20. The molecule has 4 aromatic carbocycles. The molecule has 1 aliphatic rings. The number of aromatic hydroxyl groups is 2. The van der Waals surface area contributed by atoms with Crippen molar-refractivity contribution in [2.24, 2.45) is 0 Å². The molecule has 2 N–H and O–H groups in total. The zero-order chi connectivity index (χ0) is 33.6. The second-order valence-corrected chi connectivity index (χ2v) is 13.6. The molecule has 0 atom stereocenters. The van der Waals surface area contributed by atoms with Crippen LogP contribution in [0.25, 0.3) is 0 Å². The average molecular weight is 649 g/mol. The fraction of sp³-hybridized carbons (Fsp3) is 0.455. The van der Waals surface area contributed by atoms with E-state index in [2.05, 4.69) is 62.4 Å². The average Bonchev–Trinajstić information content (AvgIpc) is 3.09. The SMILES string of the molecule is CCCCCCCCOc1c2cccc1Cc1cccc(c1O)Cc1cccc(c1OCCCCCCCC)Cc1cccc(c1O)C2. The first-order valence-corrected chi connectivity index (χ1v) is 18.7. The minimum Gasteiger partial charge on any atom is -0.507 e. The van der Waals surface area contributed by atoms with Crippen molar-refractivity contribution in [3.8, 4) is 23.0 Å². The summed E-state index contributed by atoms with van der Waals surface area (Å²) in [5.74, 6) is 2.44. The van der Waals surface area contributed by atoms with E-state index in [-0.39, 0.29) is 0 Å². The maximum absolute atomic E-state index is 11.7. The Labute approximate surface area is 289 Å². The van der Waals surface area contributed by atoms with Crippen LogP contribution in [-0.2, 0) is 25.7 Å². The van der Waals surface area contributed by atoms with E-state index in [9.17, 15) is 10.2 Å². The number of unbranched alkanes of at least 4 members (excludes halogenated alkanes) is 10. The van der Waals surface area contributed by atoms with Crippen molar-refractivity contribution in [2.45, 2.75) is 117 Å². The number of benzene rings is 4. The molecular formula is C44H56O4. The molecule has 8 bridgehead atoms. The Morgan fingerprint density at radius 3 is 0.979 bits per heavy atom. The molecule has 0 aromatic heterocycles. The van der Waals surface area contributed by atoms with Crippen LogP contribution in [0.2, 0.25) is 0 Å². The summed E-state index contributed by atoms with van der Waals surface area (Å²) < 4.78 is 13.2. The Bertz CT molecular complexity index is 1390. The molecule has 5 rings (SSSR count). The van der Waals surface area contributed by atoms with Crippen molar-refractivity contribution in [1.82, 2.24) is 0 Å². The Morgan fingerprint density at radius 2 is 0.667 bits per heavy atom. The number of rotatable bonds is 16. The lowest BCUT2D eigenvalue weighted by Crippen LogP contribution is -2.07. The number of fused-ring (bicyclic) bond motifs is 8. The first-order valence-electron chi connectivity index (χ1n) is 18.7. The fourth-order valence-corrected chi connectivity index (χ4v) is 7.00. The highest BCUT2D eigenvalue weighted by Gasteiger charge is 2.20. The summed E-state index contributed by atoms with van der Waals surface area (Å²) in [6, 6.07) is 24.8. The molecule has 0 unspecified atom stereocenters. The second-order valence-electron chi connectivity index (χ2n) is 13.6. The number of phenolic OH excluding ortho intramolecular Hbond substituents is 2. The summed E-state index contributed by atoms with van der Waals surface area (Å²) in [6.45, 7) is 5.81. The van der Waals surface area contributed by atoms with Crippen LogP contribution in [0.3, 0.4) is 0 Å². The predicted octanol–water partition coefficient (Wildman–Crippen LogP) is 11.3. The van der Waals surface area contributed by atoms with Crippen molar-refractivity contribution in [3.05, 3.63) is 117 Å².